The summed E-state index contributed by atoms with van der Waals surface area (Å²) in [5.41, 5.74) is 2.38. The van der Waals surface area contributed by atoms with Gasteiger partial charge in [0.25, 0.3) is 0 Å². The quantitative estimate of drug-likeness (QED) is 0.590. The molecule has 0 saturated heterocycles. The Kier molecular flexibility index (Phi) is 6.14. The molecule has 0 fully saturated rings. The smallest absolute Gasteiger partial charge is 0.123 e. The molecule has 0 bridgehead atoms. The molecule has 2 aromatic carbocycles. The van der Waals surface area contributed by atoms with Gasteiger partial charge in [-0.2, -0.15) is 0 Å². The number of benzene rings is 2. The zero-order valence-electron chi connectivity index (χ0n) is 14.1. The molecule has 0 aliphatic rings. The summed E-state index contributed by atoms with van der Waals surface area (Å²) < 4.78 is 0. The topological polar surface area (TPSA) is 31.9 Å². The first-order valence-corrected chi connectivity index (χ1v) is 9.13. The zero-order chi connectivity index (χ0) is 17.6. The summed E-state index contributed by atoms with van der Waals surface area (Å²) in [5.74, 6) is 0.953. The highest BCUT2D eigenvalue weighted by atomic mass is 35.5. The van der Waals surface area contributed by atoms with Crippen molar-refractivity contribution >= 4 is 23.2 Å². The number of aromatic nitrogens is 2. The number of halogens is 2. The van der Waals surface area contributed by atoms with Crippen LogP contribution in [0.25, 0.3) is 0 Å². The first kappa shape index (κ1) is 18.0. The lowest BCUT2D eigenvalue weighted by Crippen LogP contribution is -2.30. The van der Waals surface area contributed by atoms with Crippen LogP contribution in [-0.4, -0.2) is 21.4 Å². The second-order valence-corrected chi connectivity index (χ2v) is 6.89. The molecular weight excluding hydrogens is 353 g/mol. The predicted molar refractivity (Wildman–Crippen MR) is 104 cm³/mol. The van der Waals surface area contributed by atoms with E-state index in [-0.39, 0.29) is 6.04 Å². The van der Waals surface area contributed by atoms with Gasteiger partial charge in [-0.15, -0.1) is 0 Å². The molecule has 0 aliphatic heterocycles. The van der Waals surface area contributed by atoms with Crippen LogP contribution in [0.15, 0.2) is 60.9 Å². The number of aromatic amines is 1. The van der Waals surface area contributed by atoms with Gasteiger partial charge in [-0.05, 0) is 42.3 Å². The second-order valence-electron chi connectivity index (χ2n) is 6.02. The van der Waals surface area contributed by atoms with E-state index in [1.54, 1.807) is 12.3 Å². The van der Waals surface area contributed by atoms with E-state index in [2.05, 4.69) is 46.1 Å². The van der Waals surface area contributed by atoms with Crippen molar-refractivity contribution in [1.82, 2.24) is 14.9 Å². The van der Waals surface area contributed by atoms with E-state index in [4.69, 9.17) is 23.2 Å². The molecule has 1 unspecified atom stereocenters. The molecule has 1 N–H and O–H groups in total. The fourth-order valence-corrected chi connectivity index (χ4v) is 3.64. The van der Waals surface area contributed by atoms with E-state index < -0.39 is 0 Å². The molecule has 130 valence electrons. The van der Waals surface area contributed by atoms with Crippen molar-refractivity contribution in [2.24, 2.45) is 0 Å². The normalized spacial score (nSPS) is 12.5. The second kappa shape index (κ2) is 8.52. The Morgan fingerprint density at radius 1 is 1.04 bits per heavy atom. The number of hydrogen-bond acceptors (Lipinski definition) is 2. The fourth-order valence-electron chi connectivity index (χ4n) is 3.07. The monoisotopic (exact) mass is 373 g/mol. The lowest BCUT2D eigenvalue weighted by atomic mass is 10.0. The Balaban J connectivity index is 1.88. The Morgan fingerprint density at radius 2 is 1.76 bits per heavy atom. The minimum absolute atomic E-state index is 0.120. The maximum atomic E-state index is 6.18. The molecule has 3 rings (SSSR count). The third kappa shape index (κ3) is 4.85. The molecule has 3 nitrogen and oxygen atoms in total. The molecule has 0 saturated carbocycles. The Labute approximate surface area is 158 Å². The molecule has 1 heterocycles. The van der Waals surface area contributed by atoms with Crippen molar-refractivity contribution < 1.29 is 0 Å². The van der Waals surface area contributed by atoms with E-state index >= 15 is 0 Å². The average molecular weight is 374 g/mol. The minimum atomic E-state index is 0.120. The maximum Gasteiger partial charge on any atom is 0.123 e. The van der Waals surface area contributed by atoms with Crippen LogP contribution in [0, 0.1) is 0 Å². The van der Waals surface area contributed by atoms with Crippen molar-refractivity contribution in [2.45, 2.75) is 25.9 Å². The number of rotatable bonds is 7. The molecule has 1 atom stereocenters. The fraction of sp³-hybridized carbons (Fsp3) is 0.250. The SMILES string of the molecule is CCN(Cc1ccccc1)C(Cc1cc(Cl)cc(Cl)c1)c1ncc[nH]1. The van der Waals surface area contributed by atoms with E-state index in [0.717, 1.165) is 30.9 Å². The summed E-state index contributed by atoms with van der Waals surface area (Å²) in [6.45, 7) is 3.94. The van der Waals surface area contributed by atoms with Crippen molar-refractivity contribution in [1.29, 1.82) is 0 Å². The van der Waals surface area contributed by atoms with Crippen molar-refractivity contribution in [3.05, 3.63) is 87.9 Å². The van der Waals surface area contributed by atoms with Gasteiger partial charge in [0.15, 0.2) is 0 Å². The van der Waals surface area contributed by atoms with Gasteiger partial charge in [-0.25, -0.2) is 4.98 Å². The highest BCUT2D eigenvalue weighted by Crippen LogP contribution is 2.27. The van der Waals surface area contributed by atoms with Gasteiger partial charge in [0.1, 0.15) is 5.82 Å². The third-order valence-corrected chi connectivity index (χ3v) is 4.70. The number of nitrogens with one attached hydrogen (secondary N) is 1. The van der Waals surface area contributed by atoms with Crippen LogP contribution >= 0.6 is 23.2 Å². The van der Waals surface area contributed by atoms with E-state index in [1.165, 1.54) is 5.56 Å². The molecule has 1 aromatic heterocycles. The minimum Gasteiger partial charge on any atom is -0.347 e. The lowest BCUT2D eigenvalue weighted by molar-refractivity contribution is 0.190. The maximum absolute atomic E-state index is 6.18. The van der Waals surface area contributed by atoms with Crippen LogP contribution in [0.2, 0.25) is 10.0 Å². The van der Waals surface area contributed by atoms with Gasteiger partial charge in [-0.1, -0.05) is 60.5 Å². The number of H-pyrrole nitrogens is 1. The molecule has 5 heteroatoms. The summed E-state index contributed by atoms with van der Waals surface area (Å²) in [6, 6.07) is 16.3. The summed E-state index contributed by atoms with van der Waals surface area (Å²) in [7, 11) is 0. The molecule has 0 amide bonds. The van der Waals surface area contributed by atoms with Crippen LogP contribution in [-0.2, 0) is 13.0 Å². The number of imidazole rings is 1. The first-order chi connectivity index (χ1) is 12.2. The van der Waals surface area contributed by atoms with Crippen LogP contribution in [0.4, 0.5) is 0 Å². The molecule has 0 aliphatic carbocycles. The predicted octanol–water partition coefficient (Wildman–Crippen LogP) is 5.52. The van der Waals surface area contributed by atoms with Crippen LogP contribution in [0.3, 0.4) is 0 Å². The molecule has 0 radical (unpaired) electrons. The number of hydrogen-bond donors (Lipinski definition) is 1. The largest absolute Gasteiger partial charge is 0.347 e. The molecular formula is C20H21Cl2N3. The highest BCUT2D eigenvalue weighted by Gasteiger charge is 2.22. The summed E-state index contributed by atoms with van der Waals surface area (Å²) >= 11 is 12.4. The Morgan fingerprint density at radius 3 is 2.36 bits per heavy atom. The van der Waals surface area contributed by atoms with Crippen LogP contribution in [0.1, 0.15) is 29.9 Å². The van der Waals surface area contributed by atoms with Crippen molar-refractivity contribution in [2.75, 3.05) is 6.54 Å². The van der Waals surface area contributed by atoms with E-state index in [1.807, 2.05) is 24.4 Å². The summed E-state index contributed by atoms with van der Waals surface area (Å²) in [6.07, 6.45) is 4.45. The first-order valence-electron chi connectivity index (χ1n) is 8.38. The van der Waals surface area contributed by atoms with Gasteiger partial charge < -0.3 is 4.98 Å². The Hall–Kier alpha value is -1.81. The third-order valence-electron chi connectivity index (χ3n) is 4.26. The lowest BCUT2D eigenvalue weighted by Gasteiger charge is -2.30. The average Bonchev–Trinajstić information content (AvgIpc) is 3.12. The highest BCUT2D eigenvalue weighted by molar-refractivity contribution is 6.34. The number of likely N-dealkylation sites (N-methyl/N-ethyl adjacent to an activating group) is 1. The Bertz CT molecular complexity index is 768. The van der Waals surface area contributed by atoms with Gasteiger partial charge in [-0.3, -0.25) is 4.90 Å². The summed E-state index contributed by atoms with van der Waals surface area (Å²) in [4.78, 5) is 10.2. The van der Waals surface area contributed by atoms with E-state index in [9.17, 15) is 0 Å². The zero-order valence-corrected chi connectivity index (χ0v) is 15.6. The molecule has 0 spiro atoms. The standard InChI is InChI=1S/C20H21Cl2N3/c1-2-25(14-15-6-4-3-5-7-15)19(20-23-8-9-24-20)12-16-10-17(21)13-18(22)11-16/h3-11,13,19H,2,12,14H2,1H3,(H,23,24). The van der Waals surface area contributed by atoms with Gasteiger partial charge in [0.05, 0.1) is 6.04 Å². The van der Waals surface area contributed by atoms with Crippen LogP contribution < -0.4 is 0 Å². The van der Waals surface area contributed by atoms with Crippen molar-refractivity contribution in [3.63, 3.8) is 0 Å². The molecule has 25 heavy (non-hydrogen) atoms. The van der Waals surface area contributed by atoms with E-state index in [0.29, 0.717) is 10.0 Å². The van der Waals surface area contributed by atoms with Crippen molar-refractivity contribution in [3.8, 4) is 0 Å². The summed E-state index contributed by atoms with van der Waals surface area (Å²) in [5, 5.41) is 1.32. The van der Waals surface area contributed by atoms with Gasteiger partial charge in [0.2, 0.25) is 0 Å². The van der Waals surface area contributed by atoms with Crippen LogP contribution in [0.5, 0.6) is 0 Å². The number of nitrogens with zero attached hydrogens (tertiary/aromatic N) is 2. The van der Waals surface area contributed by atoms with Gasteiger partial charge in [0, 0.05) is 29.0 Å². The van der Waals surface area contributed by atoms with Gasteiger partial charge >= 0.3 is 0 Å². The molecule has 3 aromatic rings.